The van der Waals surface area contributed by atoms with Crippen LogP contribution in [0.1, 0.15) is 36.5 Å². The zero-order valence-electron chi connectivity index (χ0n) is 10.0. The Morgan fingerprint density at radius 2 is 2.29 bits per heavy atom. The van der Waals surface area contributed by atoms with Gasteiger partial charge in [-0.2, -0.15) is 0 Å². The van der Waals surface area contributed by atoms with Gasteiger partial charge in [0.05, 0.1) is 12.3 Å². The van der Waals surface area contributed by atoms with E-state index >= 15 is 0 Å². The van der Waals surface area contributed by atoms with E-state index in [2.05, 4.69) is 5.32 Å². The van der Waals surface area contributed by atoms with Crippen LogP contribution < -0.4 is 15.8 Å². The van der Waals surface area contributed by atoms with Gasteiger partial charge >= 0.3 is 0 Å². The summed E-state index contributed by atoms with van der Waals surface area (Å²) in [6, 6.07) is 5.50. The van der Waals surface area contributed by atoms with Crippen molar-refractivity contribution in [2.75, 3.05) is 12.3 Å². The molecule has 1 aromatic rings. The first-order valence-electron chi connectivity index (χ1n) is 6.04. The molecule has 2 rings (SSSR count). The first kappa shape index (κ1) is 11.8. The number of nitrogen functional groups attached to an aromatic ring is 1. The maximum Gasteiger partial charge on any atom is 0.251 e. The minimum absolute atomic E-state index is 0.0514. The molecule has 1 aliphatic carbocycles. The smallest absolute Gasteiger partial charge is 0.251 e. The highest BCUT2D eigenvalue weighted by Gasteiger charge is 2.20. The fraction of sp³-hybridized carbons (Fsp3) is 0.462. The second-order valence-electron chi connectivity index (χ2n) is 4.29. The molecule has 0 saturated heterocycles. The van der Waals surface area contributed by atoms with E-state index in [9.17, 15) is 4.79 Å². The molecular weight excluding hydrogens is 216 g/mol. The molecule has 92 valence electrons. The Kier molecular flexibility index (Phi) is 3.52. The topological polar surface area (TPSA) is 64.3 Å². The van der Waals surface area contributed by atoms with E-state index in [1.807, 2.05) is 6.92 Å². The molecular formula is C13H18N2O2. The second-order valence-corrected chi connectivity index (χ2v) is 4.29. The predicted molar refractivity (Wildman–Crippen MR) is 67.1 cm³/mol. The van der Waals surface area contributed by atoms with Gasteiger partial charge in [-0.25, -0.2) is 0 Å². The van der Waals surface area contributed by atoms with Gasteiger partial charge < -0.3 is 15.8 Å². The molecule has 1 fully saturated rings. The standard InChI is InChI=1S/C13H18N2O2/c1-2-17-12-7-6-9(8-11(12)14)13(16)15-10-4-3-5-10/h6-8,10H,2-5,14H2,1H3,(H,15,16). The number of nitrogens with one attached hydrogen (secondary N) is 1. The molecule has 1 aliphatic rings. The highest BCUT2D eigenvalue weighted by atomic mass is 16.5. The lowest BCUT2D eigenvalue weighted by atomic mass is 9.93. The van der Waals surface area contributed by atoms with E-state index in [-0.39, 0.29) is 5.91 Å². The molecule has 0 atom stereocenters. The van der Waals surface area contributed by atoms with Crippen LogP contribution in [-0.4, -0.2) is 18.6 Å². The summed E-state index contributed by atoms with van der Waals surface area (Å²) < 4.78 is 5.33. The quantitative estimate of drug-likeness (QED) is 0.783. The molecule has 1 saturated carbocycles. The summed E-state index contributed by atoms with van der Waals surface area (Å²) in [5.74, 6) is 0.581. The average molecular weight is 234 g/mol. The van der Waals surface area contributed by atoms with Crippen molar-refractivity contribution < 1.29 is 9.53 Å². The van der Waals surface area contributed by atoms with Crippen LogP contribution in [0.3, 0.4) is 0 Å². The third kappa shape index (κ3) is 2.70. The van der Waals surface area contributed by atoms with Gasteiger partial charge in [-0.3, -0.25) is 4.79 Å². The number of ether oxygens (including phenoxy) is 1. The number of anilines is 1. The van der Waals surface area contributed by atoms with Crippen molar-refractivity contribution in [3.8, 4) is 5.75 Å². The largest absolute Gasteiger partial charge is 0.492 e. The first-order chi connectivity index (χ1) is 8.20. The van der Waals surface area contributed by atoms with Gasteiger partial charge in [0, 0.05) is 11.6 Å². The number of rotatable bonds is 4. The van der Waals surface area contributed by atoms with Gasteiger partial charge in [0.15, 0.2) is 0 Å². The Bertz CT molecular complexity index is 414. The van der Waals surface area contributed by atoms with Gasteiger partial charge in [-0.05, 0) is 44.4 Å². The highest BCUT2D eigenvalue weighted by Crippen LogP contribution is 2.23. The molecule has 4 heteroatoms. The average Bonchev–Trinajstić information content (AvgIpc) is 2.26. The van der Waals surface area contributed by atoms with Crippen LogP contribution >= 0.6 is 0 Å². The van der Waals surface area contributed by atoms with E-state index in [1.165, 1.54) is 6.42 Å². The summed E-state index contributed by atoms with van der Waals surface area (Å²) in [5, 5.41) is 2.98. The van der Waals surface area contributed by atoms with Crippen LogP contribution in [0.5, 0.6) is 5.75 Å². The number of hydrogen-bond donors (Lipinski definition) is 2. The minimum Gasteiger partial charge on any atom is -0.492 e. The fourth-order valence-corrected chi connectivity index (χ4v) is 1.80. The zero-order valence-corrected chi connectivity index (χ0v) is 10.0. The van der Waals surface area contributed by atoms with Crippen molar-refractivity contribution in [2.24, 2.45) is 0 Å². The van der Waals surface area contributed by atoms with Crippen LogP contribution in [0, 0.1) is 0 Å². The first-order valence-corrected chi connectivity index (χ1v) is 6.04. The van der Waals surface area contributed by atoms with Crippen molar-refractivity contribution in [3.05, 3.63) is 23.8 Å². The number of carbonyl (C=O) groups excluding carboxylic acids is 1. The molecule has 0 radical (unpaired) electrons. The van der Waals surface area contributed by atoms with E-state index in [4.69, 9.17) is 10.5 Å². The molecule has 1 amide bonds. The molecule has 17 heavy (non-hydrogen) atoms. The SMILES string of the molecule is CCOc1ccc(C(=O)NC2CCC2)cc1N. The lowest BCUT2D eigenvalue weighted by Gasteiger charge is -2.26. The summed E-state index contributed by atoms with van der Waals surface area (Å²) in [5.41, 5.74) is 6.92. The summed E-state index contributed by atoms with van der Waals surface area (Å²) in [4.78, 5) is 11.9. The van der Waals surface area contributed by atoms with Crippen molar-refractivity contribution in [1.82, 2.24) is 5.32 Å². The monoisotopic (exact) mass is 234 g/mol. The molecule has 0 heterocycles. The zero-order chi connectivity index (χ0) is 12.3. The molecule has 1 aromatic carbocycles. The number of carbonyl (C=O) groups is 1. The maximum atomic E-state index is 11.9. The van der Waals surface area contributed by atoms with Crippen molar-refractivity contribution >= 4 is 11.6 Å². The van der Waals surface area contributed by atoms with Crippen molar-refractivity contribution in [2.45, 2.75) is 32.2 Å². The van der Waals surface area contributed by atoms with Crippen LogP contribution in [0.25, 0.3) is 0 Å². The van der Waals surface area contributed by atoms with Crippen molar-refractivity contribution in [3.63, 3.8) is 0 Å². The van der Waals surface area contributed by atoms with E-state index in [0.717, 1.165) is 12.8 Å². The van der Waals surface area contributed by atoms with E-state index in [0.29, 0.717) is 29.6 Å². The number of hydrogen-bond acceptors (Lipinski definition) is 3. The molecule has 0 unspecified atom stereocenters. The van der Waals surface area contributed by atoms with Crippen molar-refractivity contribution in [1.29, 1.82) is 0 Å². The van der Waals surface area contributed by atoms with Crippen LogP contribution in [-0.2, 0) is 0 Å². The molecule has 0 aromatic heterocycles. The molecule has 0 bridgehead atoms. The van der Waals surface area contributed by atoms with Crippen LogP contribution in [0.4, 0.5) is 5.69 Å². The highest BCUT2D eigenvalue weighted by molar-refractivity contribution is 5.95. The summed E-state index contributed by atoms with van der Waals surface area (Å²) in [6.07, 6.45) is 3.37. The lowest BCUT2D eigenvalue weighted by molar-refractivity contribution is 0.0917. The van der Waals surface area contributed by atoms with Gasteiger partial charge in [-0.15, -0.1) is 0 Å². The Hall–Kier alpha value is -1.71. The Labute approximate surface area is 101 Å². The van der Waals surface area contributed by atoms with E-state index < -0.39 is 0 Å². The van der Waals surface area contributed by atoms with Gasteiger partial charge in [0.25, 0.3) is 5.91 Å². The second kappa shape index (κ2) is 5.08. The molecule has 0 aliphatic heterocycles. The molecule has 0 spiro atoms. The van der Waals surface area contributed by atoms with Gasteiger partial charge in [0.2, 0.25) is 0 Å². The minimum atomic E-state index is -0.0514. The number of amides is 1. The predicted octanol–water partition coefficient (Wildman–Crippen LogP) is 1.95. The van der Waals surface area contributed by atoms with E-state index in [1.54, 1.807) is 18.2 Å². The fourth-order valence-electron chi connectivity index (χ4n) is 1.80. The maximum absolute atomic E-state index is 11.9. The van der Waals surface area contributed by atoms with Gasteiger partial charge in [-0.1, -0.05) is 0 Å². The normalized spacial score (nSPS) is 15.1. The Balaban J connectivity index is 2.04. The van der Waals surface area contributed by atoms with Gasteiger partial charge in [0.1, 0.15) is 5.75 Å². The third-order valence-corrected chi connectivity index (χ3v) is 3.01. The summed E-state index contributed by atoms with van der Waals surface area (Å²) >= 11 is 0. The third-order valence-electron chi connectivity index (χ3n) is 3.01. The number of nitrogens with two attached hydrogens (primary N) is 1. The van der Waals surface area contributed by atoms with Crippen LogP contribution in [0.2, 0.25) is 0 Å². The van der Waals surface area contributed by atoms with Crippen LogP contribution in [0.15, 0.2) is 18.2 Å². The Morgan fingerprint density at radius 1 is 1.53 bits per heavy atom. The number of benzene rings is 1. The summed E-state index contributed by atoms with van der Waals surface area (Å²) in [7, 11) is 0. The molecule has 4 nitrogen and oxygen atoms in total. The lowest BCUT2D eigenvalue weighted by Crippen LogP contribution is -2.39. The molecule has 3 N–H and O–H groups in total. The Morgan fingerprint density at radius 3 is 2.82 bits per heavy atom. The summed E-state index contributed by atoms with van der Waals surface area (Å²) in [6.45, 7) is 2.47.